The lowest BCUT2D eigenvalue weighted by atomic mass is 10.2. The van der Waals surface area contributed by atoms with Gasteiger partial charge in [0.1, 0.15) is 22.6 Å². The molecule has 0 amide bonds. The van der Waals surface area contributed by atoms with E-state index in [0.29, 0.717) is 27.5 Å². The molecule has 10 heteroatoms. The molecule has 1 atom stereocenters. The zero-order chi connectivity index (χ0) is 24.2. The van der Waals surface area contributed by atoms with Crippen LogP contribution in [-0.2, 0) is 11.0 Å². The van der Waals surface area contributed by atoms with Crippen molar-refractivity contribution in [2.45, 2.75) is 44.7 Å². The van der Waals surface area contributed by atoms with E-state index in [4.69, 9.17) is 19.8 Å². The maximum Gasteiger partial charge on any atom is 0.187 e. The first-order valence-electron chi connectivity index (χ1n) is 11.4. The molecular weight excluding hydrogens is 468 g/mol. The summed E-state index contributed by atoms with van der Waals surface area (Å²) < 4.78 is 17.6. The fourth-order valence-electron chi connectivity index (χ4n) is 3.86. The number of benzene rings is 1. The van der Waals surface area contributed by atoms with Crippen molar-refractivity contribution in [3.8, 4) is 17.0 Å². The molecule has 3 aromatic rings. The van der Waals surface area contributed by atoms with Crippen molar-refractivity contribution >= 4 is 39.0 Å². The van der Waals surface area contributed by atoms with Gasteiger partial charge < -0.3 is 15.0 Å². The number of hydrogen-bond donors (Lipinski definition) is 2. The molecule has 3 N–H and O–H groups in total. The number of thiazole rings is 1. The average molecular weight is 501 g/mol. The SMILES string of the molecule is CC(C)Oc1ccc(S(N)=O)cc1Nc1nc(-c2ccc(N3CCN(C(C)C)CC3)nc2)cs1. The zero-order valence-electron chi connectivity index (χ0n) is 20.0. The Bertz CT molecular complexity index is 1120. The molecule has 1 saturated heterocycles. The van der Waals surface area contributed by atoms with Crippen LogP contribution in [0.4, 0.5) is 16.6 Å². The molecule has 182 valence electrons. The fourth-order valence-corrected chi connectivity index (χ4v) is 5.03. The van der Waals surface area contributed by atoms with Gasteiger partial charge in [-0.1, -0.05) is 0 Å². The quantitative estimate of drug-likeness (QED) is 0.477. The van der Waals surface area contributed by atoms with Crippen LogP contribution in [-0.4, -0.2) is 57.4 Å². The van der Waals surface area contributed by atoms with Crippen LogP contribution in [0.3, 0.4) is 0 Å². The Morgan fingerprint density at radius 1 is 1.12 bits per heavy atom. The third-order valence-corrected chi connectivity index (χ3v) is 7.18. The summed E-state index contributed by atoms with van der Waals surface area (Å²) in [6.45, 7) is 12.5. The number of nitrogens with zero attached hydrogens (tertiary/aromatic N) is 4. The highest BCUT2D eigenvalue weighted by Crippen LogP contribution is 2.33. The van der Waals surface area contributed by atoms with Gasteiger partial charge in [0.25, 0.3) is 0 Å². The molecule has 4 rings (SSSR count). The van der Waals surface area contributed by atoms with Crippen LogP contribution in [0.15, 0.2) is 46.8 Å². The van der Waals surface area contributed by atoms with Crippen molar-refractivity contribution in [1.29, 1.82) is 0 Å². The molecule has 1 unspecified atom stereocenters. The molecule has 34 heavy (non-hydrogen) atoms. The van der Waals surface area contributed by atoms with E-state index >= 15 is 0 Å². The molecule has 1 aliphatic rings. The smallest absolute Gasteiger partial charge is 0.187 e. The Labute approximate surface area is 207 Å². The molecule has 0 radical (unpaired) electrons. The number of anilines is 3. The largest absolute Gasteiger partial charge is 0.489 e. The van der Waals surface area contributed by atoms with Gasteiger partial charge in [-0.3, -0.25) is 4.90 Å². The van der Waals surface area contributed by atoms with E-state index in [-0.39, 0.29) is 6.10 Å². The minimum atomic E-state index is -1.58. The standard InChI is InChI=1S/C24H32N6O2S2/c1-16(2)29-9-11-30(12-10-29)23-8-5-18(14-26-23)21-15-33-24(28-21)27-20-13-19(34(25)31)6-7-22(20)32-17(3)4/h5-8,13-17H,9-12,25H2,1-4H3,(H,27,28). The van der Waals surface area contributed by atoms with E-state index in [1.54, 1.807) is 18.2 Å². The fraction of sp³-hybridized carbons (Fsp3) is 0.417. The van der Waals surface area contributed by atoms with Crippen LogP contribution in [0.1, 0.15) is 27.7 Å². The number of nitrogens with two attached hydrogens (primary N) is 1. The number of aromatic nitrogens is 2. The molecule has 0 bridgehead atoms. The minimum absolute atomic E-state index is 0.000399. The van der Waals surface area contributed by atoms with Crippen molar-refractivity contribution in [3.05, 3.63) is 41.9 Å². The zero-order valence-corrected chi connectivity index (χ0v) is 21.7. The third-order valence-electron chi connectivity index (χ3n) is 5.70. The Hall–Kier alpha value is -2.53. The summed E-state index contributed by atoms with van der Waals surface area (Å²) >= 11 is 1.49. The second-order valence-electron chi connectivity index (χ2n) is 8.81. The van der Waals surface area contributed by atoms with Crippen LogP contribution < -0.4 is 20.1 Å². The maximum atomic E-state index is 11.8. The van der Waals surface area contributed by atoms with Gasteiger partial charge >= 0.3 is 0 Å². The van der Waals surface area contributed by atoms with E-state index in [0.717, 1.165) is 43.3 Å². The first-order chi connectivity index (χ1) is 16.3. The van der Waals surface area contributed by atoms with Crippen LogP contribution in [0.25, 0.3) is 11.3 Å². The lowest BCUT2D eigenvalue weighted by Crippen LogP contribution is -2.49. The van der Waals surface area contributed by atoms with Gasteiger partial charge in [-0.05, 0) is 58.0 Å². The summed E-state index contributed by atoms with van der Waals surface area (Å²) in [5.41, 5.74) is 2.49. The van der Waals surface area contributed by atoms with Crippen LogP contribution in [0.5, 0.6) is 5.75 Å². The van der Waals surface area contributed by atoms with E-state index in [2.05, 4.69) is 41.1 Å². The van der Waals surface area contributed by atoms with Crippen LogP contribution >= 0.6 is 11.3 Å². The summed E-state index contributed by atoms with van der Waals surface area (Å²) in [4.78, 5) is 14.8. The first kappa shape index (κ1) is 24.6. The summed E-state index contributed by atoms with van der Waals surface area (Å²) in [5.74, 6) is 1.66. The Balaban J connectivity index is 1.47. The number of rotatable bonds is 8. The number of piperazine rings is 1. The molecule has 1 aromatic carbocycles. The molecule has 1 fully saturated rings. The van der Waals surface area contributed by atoms with Gasteiger partial charge in [0.05, 0.1) is 22.4 Å². The second kappa shape index (κ2) is 10.8. The lowest BCUT2D eigenvalue weighted by Gasteiger charge is -2.37. The van der Waals surface area contributed by atoms with Crippen molar-refractivity contribution in [1.82, 2.24) is 14.9 Å². The minimum Gasteiger partial charge on any atom is -0.489 e. The maximum absolute atomic E-state index is 11.8. The average Bonchev–Trinajstić information content (AvgIpc) is 3.28. The normalized spacial score (nSPS) is 15.7. The predicted octanol–water partition coefficient (Wildman–Crippen LogP) is 4.25. The van der Waals surface area contributed by atoms with Gasteiger partial charge in [0, 0.05) is 49.4 Å². The van der Waals surface area contributed by atoms with Gasteiger partial charge in [0.15, 0.2) is 5.13 Å². The highest BCUT2D eigenvalue weighted by molar-refractivity contribution is 7.82. The summed E-state index contributed by atoms with van der Waals surface area (Å²) in [6.07, 6.45) is 1.88. The summed E-state index contributed by atoms with van der Waals surface area (Å²) in [6, 6.07) is 9.95. The number of nitrogens with one attached hydrogen (secondary N) is 1. The molecule has 1 aliphatic heterocycles. The topological polar surface area (TPSA) is 96.6 Å². The van der Waals surface area contributed by atoms with E-state index < -0.39 is 11.0 Å². The summed E-state index contributed by atoms with van der Waals surface area (Å²) in [5, 5.41) is 11.6. The van der Waals surface area contributed by atoms with Gasteiger partial charge in [-0.25, -0.2) is 19.3 Å². The molecule has 3 heterocycles. The number of ether oxygens (including phenoxy) is 1. The second-order valence-corrected chi connectivity index (χ2v) is 10.7. The van der Waals surface area contributed by atoms with E-state index in [1.165, 1.54) is 11.3 Å². The summed E-state index contributed by atoms with van der Waals surface area (Å²) in [7, 11) is -1.58. The Morgan fingerprint density at radius 2 is 1.88 bits per heavy atom. The molecule has 8 nitrogen and oxygen atoms in total. The molecule has 0 saturated carbocycles. The highest BCUT2D eigenvalue weighted by Gasteiger charge is 2.20. The van der Waals surface area contributed by atoms with Crippen LogP contribution in [0, 0.1) is 0 Å². The number of hydrogen-bond acceptors (Lipinski definition) is 8. The molecule has 0 spiro atoms. The Morgan fingerprint density at radius 3 is 2.50 bits per heavy atom. The van der Waals surface area contributed by atoms with Gasteiger partial charge in [-0.15, -0.1) is 11.3 Å². The van der Waals surface area contributed by atoms with Crippen molar-refractivity contribution < 1.29 is 8.95 Å². The number of pyridine rings is 1. The molecule has 2 aromatic heterocycles. The monoisotopic (exact) mass is 500 g/mol. The van der Waals surface area contributed by atoms with Gasteiger partial charge in [0.2, 0.25) is 0 Å². The van der Waals surface area contributed by atoms with Crippen LogP contribution in [0.2, 0.25) is 0 Å². The van der Waals surface area contributed by atoms with Gasteiger partial charge in [-0.2, -0.15) is 0 Å². The highest BCUT2D eigenvalue weighted by atomic mass is 32.2. The van der Waals surface area contributed by atoms with Crippen molar-refractivity contribution in [3.63, 3.8) is 0 Å². The lowest BCUT2D eigenvalue weighted by molar-refractivity contribution is 0.209. The van der Waals surface area contributed by atoms with E-state index in [9.17, 15) is 4.21 Å². The predicted molar refractivity (Wildman–Crippen MR) is 140 cm³/mol. The Kier molecular flexibility index (Phi) is 7.82. The molecular formula is C24H32N6O2S2. The molecule has 0 aliphatic carbocycles. The third kappa shape index (κ3) is 5.93. The van der Waals surface area contributed by atoms with Crippen molar-refractivity contribution in [2.75, 3.05) is 36.4 Å². The van der Waals surface area contributed by atoms with E-state index in [1.807, 2.05) is 25.4 Å². The van der Waals surface area contributed by atoms with Crippen molar-refractivity contribution in [2.24, 2.45) is 5.14 Å². The first-order valence-corrected chi connectivity index (χ1v) is 13.5.